The molecule has 1 rings (SSSR count). The lowest BCUT2D eigenvalue weighted by Crippen LogP contribution is -2.41. The van der Waals surface area contributed by atoms with E-state index in [1.165, 1.54) is 18.4 Å². The zero-order chi connectivity index (χ0) is 15.0. The van der Waals surface area contributed by atoms with E-state index in [2.05, 4.69) is 38.1 Å². The molecule has 1 N–H and O–H groups in total. The van der Waals surface area contributed by atoms with Gasteiger partial charge < -0.3 is 10.0 Å². The Kier molecular flexibility index (Phi) is 7.13. The average molecular weight is 277 g/mol. The molecule has 0 heterocycles. The molecule has 0 spiro atoms. The molecule has 0 amide bonds. The molecule has 1 aromatic carbocycles. The monoisotopic (exact) mass is 277 g/mol. The van der Waals surface area contributed by atoms with Crippen molar-refractivity contribution in [3.05, 3.63) is 29.8 Å². The number of anilines is 1. The Morgan fingerprint density at radius 3 is 2.25 bits per heavy atom. The number of carboxylic acid groups (broad SMARTS) is 1. The van der Waals surface area contributed by atoms with Gasteiger partial charge in [-0.15, -0.1) is 0 Å². The lowest BCUT2D eigenvalue weighted by atomic mass is 10.1. The van der Waals surface area contributed by atoms with Crippen molar-refractivity contribution >= 4 is 11.7 Å². The minimum absolute atomic E-state index is 0.434. The molecular weight excluding hydrogens is 250 g/mol. The van der Waals surface area contributed by atoms with Crippen LogP contribution in [0.25, 0.3) is 0 Å². The summed E-state index contributed by atoms with van der Waals surface area (Å²) >= 11 is 0. The van der Waals surface area contributed by atoms with Crippen LogP contribution < -0.4 is 4.90 Å². The van der Waals surface area contributed by atoms with Crippen LogP contribution in [0.15, 0.2) is 24.3 Å². The van der Waals surface area contributed by atoms with Gasteiger partial charge in [0.05, 0.1) is 0 Å². The van der Waals surface area contributed by atoms with Gasteiger partial charge in [0, 0.05) is 12.2 Å². The predicted molar refractivity (Wildman–Crippen MR) is 84.4 cm³/mol. The zero-order valence-electron chi connectivity index (χ0n) is 12.9. The summed E-state index contributed by atoms with van der Waals surface area (Å²) in [5, 5.41) is 9.36. The summed E-state index contributed by atoms with van der Waals surface area (Å²) in [6.45, 7) is 6.98. The molecular formula is C17H27NO2. The summed E-state index contributed by atoms with van der Waals surface area (Å²) in [7, 11) is 0. The van der Waals surface area contributed by atoms with Crippen LogP contribution in [0.5, 0.6) is 0 Å². The Hall–Kier alpha value is -1.51. The number of hydrogen-bond acceptors (Lipinski definition) is 2. The van der Waals surface area contributed by atoms with Crippen molar-refractivity contribution < 1.29 is 9.90 Å². The van der Waals surface area contributed by atoms with E-state index < -0.39 is 12.0 Å². The second kappa shape index (κ2) is 8.62. The van der Waals surface area contributed by atoms with Gasteiger partial charge in [0.15, 0.2) is 0 Å². The Labute approximate surface area is 122 Å². The molecule has 0 radical (unpaired) electrons. The highest BCUT2D eigenvalue weighted by molar-refractivity contribution is 5.78. The van der Waals surface area contributed by atoms with Crippen LogP contribution in [0.3, 0.4) is 0 Å². The minimum atomic E-state index is -0.740. The Bertz CT molecular complexity index is 400. The predicted octanol–water partition coefficient (Wildman–Crippen LogP) is 4.11. The highest BCUT2D eigenvalue weighted by Gasteiger charge is 2.23. The molecule has 0 saturated carbocycles. The largest absolute Gasteiger partial charge is 0.480 e. The molecule has 0 bridgehead atoms. The van der Waals surface area contributed by atoms with Gasteiger partial charge in [-0.3, -0.25) is 0 Å². The highest BCUT2D eigenvalue weighted by Crippen LogP contribution is 2.21. The van der Waals surface area contributed by atoms with E-state index in [1.54, 1.807) is 0 Å². The van der Waals surface area contributed by atoms with Gasteiger partial charge >= 0.3 is 5.97 Å². The summed E-state index contributed by atoms with van der Waals surface area (Å²) in [5.41, 5.74) is 2.34. The molecule has 20 heavy (non-hydrogen) atoms. The molecule has 112 valence electrons. The first-order chi connectivity index (χ1) is 9.63. The van der Waals surface area contributed by atoms with E-state index in [9.17, 15) is 9.90 Å². The van der Waals surface area contributed by atoms with Crippen molar-refractivity contribution in [3.63, 3.8) is 0 Å². The number of aryl methyl sites for hydroxylation is 1. The third kappa shape index (κ3) is 4.55. The second-order valence-corrected chi connectivity index (χ2v) is 5.23. The summed E-state index contributed by atoms with van der Waals surface area (Å²) in [6, 6.07) is 7.94. The van der Waals surface area contributed by atoms with Crippen molar-refractivity contribution in [2.24, 2.45) is 0 Å². The third-order valence-electron chi connectivity index (χ3n) is 3.60. The van der Waals surface area contributed by atoms with Crippen LogP contribution >= 0.6 is 0 Å². The number of unbranched alkanes of at least 4 members (excludes halogenated alkanes) is 1. The lowest BCUT2D eigenvalue weighted by Gasteiger charge is -2.30. The van der Waals surface area contributed by atoms with Gasteiger partial charge in [-0.1, -0.05) is 39.3 Å². The van der Waals surface area contributed by atoms with E-state index >= 15 is 0 Å². The third-order valence-corrected chi connectivity index (χ3v) is 3.60. The summed E-state index contributed by atoms with van der Waals surface area (Å²) in [5.74, 6) is -0.740. The Morgan fingerprint density at radius 1 is 1.15 bits per heavy atom. The average Bonchev–Trinajstić information content (AvgIpc) is 2.45. The fourth-order valence-electron chi connectivity index (χ4n) is 2.47. The van der Waals surface area contributed by atoms with Gasteiger partial charge in [0.25, 0.3) is 0 Å². The van der Waals surface area contributed by atoms with Crippen molar-refractivity contribution in [1.82, 2.24) is 0 Å². The molecule has 0 unspecified atom stereocenters. The van der Waals surface area contributed by atoms with E-state index in [0.717, 1.165) is 25.1 Å². The van der Waals surface area contributed by atoms with Crippen molar-refractivity contribution in [3.8, 4) is 0 Å². The van der Waals surface area contributed by atoms with Gasteiger partial charge in [-0.2, -0.15) is 0 Å². The molecule has 1 atom stereocenters. The maximum absolute atomic E-state index is 11.4. The topological polar surface area (TPSA) is 40.5 Å². The Morgan fingerprint density at radius 2 is 1.80 bits per heavy atom. The SMILES string of the molecule is CCCCc1ccc(N(CCC)[C@@H](CC)C(=O)O)cc1. The van der Waals surface area contributed by atoms with Crippen molar-refractivity contribution in [1.29, 1.82) is 0 Å². The van der Waals surface area contributed by atoms with Crippen LogP contribution in [0.4, 0.5) is 5.69 Å². The number of benzene rings is 1. The molecule has 0 aliphatic carbocycles. The maximum Gasteiger partial charge on any atom is 0.326 e. The van der Waals surface area contributed by atoms with Crippen LogP contribution in [-0.4, -0.2) is 23.7 Å². The molecule has 0 saturated heterocycles. The second-order valence-electron chi connectivity index (χ2n) is 5.23. The quantitative estimate of drug-likeness (QED) is 0.738. The number of carbonyl (C=O) groups is 1. The minimum Gasteiger partial charge on any atom is -0.480 e. The lowest BCUT2D eigenvalue weighted by molar-refractivity contribution is -0.138. The molecule has 0 fully saturated rings. The molecule has 3 heteroatoms. The zero-order valence-corrected chi connectivity index (χ0v) is 12.9. The molecule has 0 aliphatic heterocycles. The van der Waals surface area contributed by atoms with Crippen LogP contribution in [-0.2, 0) is 11.2 Å². The van der Waals surface area contributed by atoms with Crippen molar-refractivity contribution in [2.75, 3.05) is 11.4 Å². The normalized spacial score (nSPS) is 12.2. The number of nitrogens with zero attached hydrogens (tertiary/aromatic N) is 1. The van der Waals surface area contributed by atoms with E-state index in [0.29, 0.717) is 6.42 Å². The summed E-state index contributed by atoms with van der Waals surface area (Å²) in [4.78, 5) is 13.4. The first kappa shape index (κ1) is 16.5. The van der Waals surface area contributed by atoms with Gasteiger partial charge in [-0.05, 0) is 43.4 Å². The molecule has 1 aromatic rings. The van der Waals surface area contributed by atoms with Gasteiger partial charge in [0.2, 0.25) is 0 Å². The first-order valence-corrected chi connectivity index (χ1v) is 7.72. The van der Waals surface area contributed by atoms with Crippen LogP contribution in [0, 0.1) is 0 Å². The number of aliphatic carboxylic acids is 1. The van der Waals surface area contributed by atoms with Crippen LogP contribution in [0.1, 0.15) is 52.0 Å². The van der Waals surface area contributed by atoms with Crippen molar-refractivity contribution in [2.45, 2.75) is 58.9 Å². The fraction of sp³-hybridized carbons (Fsp3) is 0.588. The highest BCUT2D eigenvalue weighted by atomic mass is 16.4. The van der Waals surface area contributed by atoms with Gasteiger partial charge in [-0.25, -0.2) is 4.79 Å². The van der Waals surface area contributed by atoms with Gasteiger partial charge in [0.1, 0.15) is 6.04 Å². The smallest absolute Gasteiger partial charge is 0.326 e. The standard InChI is InChI=1S/C17H27NO2/c1-4-7-8-14-9-11-15(12-10-14)18(13-5-2)16(6-3)17(19)20/h9-12,16H,4-8,13H2,1-3H3,(H,19,20)/t16-/m0/s1. The molecule has 0 aliphatic rings. The summed E-state index contributed by atoms with van der Waals surface area (Å²) < 4.78 is 0. The Balaban J connectivity index is 2.88. The fourth-order valence-corrected chi connectivity index (χ4v) is 2.47. The maximum atomic E-state index is 11.4. The van der Waals surface area contributed by atoms with E-state index in [1.807, 2.05) is 11.8 Å². The van der Waals surface area contributed by atoms with Crippen LogP contribution in [0.2, 0.25) is 0 Å². The summed E-state index contributed by atoms with van der Waals surface area (Å²) in [6.07, 6.45) is 5.06. The number of carboxylic acids is 1. The number of hydrogen-bond donors (Lipinski definition) is 1. The van der Waals surface area contributed by atoms with E-state index in [-0.39, 0.29) is 0 Å². The molecule has 3 nitrogen and oxygen atoms in total. The molecule has 0 aromatic heterocycles. The first-order valence-electron chi connectivity index (χ1n) is 7.72. The van der Waals surface area contributed by atoms with E-state index in [4.69, 9.17) is 0 Å². The number of rotatable bonds is 9.